The minimum absolute atomic E-state index is 0.116. The number of fused-ring (bicyclic) bond motifs is 1. The van der Waals surface area contributed by atoms with E-state index in [1.807, 2.05) is 18.2 Å². The van der Waals surface area contributed by atoms with Crippen LogP contribution in [0.15, 0.2) is 24.3 Å². The first-order valence-corrected chi connectivity index (χ1v) is 6.46. The van der Waals surface area contributed by atoms with Crippen molar-refractivity contribution in [2.24, 2.45) is 0 Å². The highest BCUT2D eigenvalue weighted by Crippen LogP contribution is 2.28. The molecule has 1 atom stereocenters. The Bertz CT molecular complexity index is 518. The van der Waals surface area contributed by atoms with E-state index in [4.69, 9.17) is 5.11 Å². The summed E-state index contributed by atoms with van der Waals surface area (Å²) in [6.07, 6.45) is 0. The lowest BCUT2D eigenvalue weighted by molar-refractivity contribution is -0.139. The lowest BCUT2D eigenvalue weighted by atomic mass is 9.90. The molecule has 2 amide bonds. The minimum atomic E-state index is -0.931. The first kappa shape index (κ1) is 14.3. The van der Waals surface area contributed by atoms with Crippen LogP contribution in [0, 0.1) is 0 Å². The number of nitrogens with zero attached hydrogens (tertiary/aromatic N) is 2. The van der Waals surface area contributed by atoms with E-state index < -0.39 is 11.9 Å². The fraction of sp³-hybridized carbons (Fsp3) is 0.429. The Kier molecular flexibility index (Phi) is 4.24. The van der Waals surface area contributed by atoms with Gasteiger partial charge in [0.15, 0.2) is 0 Å². The van der Waals surface area contributed by atoms with E-state index in [-0.39, 0.29) is 25.7 Å². The highest BCUT2D eigenvalue weighted by molar-refractivity contribution is 5.80. The van der Waals surface area contributed by atoms with Crippen LogP contribution >= 0.6 is 0 Å². The number of hydrogen-bond donors (Lipinski definition) is 2. The van der Waals surface area contributed by atoms with Crippen LogP contribution < -0.4 is 0 Å². The number of carboxylic acid groups (broad SMARTS) is 1. The van der Waals surface area contributed by atoms with Crippen LogP contribution in [0.4, 0.5) is 4.79 Å². The maximum absolute atomic E-state index is 12.2. The molecule has 6 nitrogen and oxygen atoms in total. The van der Waals surface area contributed by atoms with E-state index >= 15 is 0 Å². The van der Waals surface area contributed by atoms with Crippen LogP contribution in [-0.4, -0.2) is 58.8 Å². The highest BCUT2D eigenvalue weighted by atomic mass is 16.4. The molecule has 0 spiro atoms. The zero-order valence-electron chi connectivity index (χ0n) is 11.3. The number of aliphatic hydroxyl groups excluding tert-OH is 1. The summed E-state index contributed by atoms with van der Waals surface area (Å²) in [5.41, 5.74) is 1.63. The van der Waals surface area contributed by atoms with Gasteiger partial charge in [0.25, 0.3) is 0 Å². The molecule has 2 rings (SSSR count). The molecule has 1 aromatic carbocycles. The van der Waals surface area contributed by atoms with Crippen molar-refractivity contribution in [3.63, 3.8) is 0 Å². The number of urea groups is 1. The summed E-state index contributed by atoms with van der Waals surface area (Å²) in [6.45, 7) is 0.666. The molecule has 1 heterocycles. The molecule has 1 aliphatic heterocycles. The number of rotatable bonds is 3. The Balaban J connectivity index is 2.24. The first-order chi connectivity index (χ1) is 9.54. The van der Waals surface area contributed by atoms with Crippen LogP contribution in [0.2, 0.25) is 0 Å². The third kappa shape index (κ3) is 2.75. The molecule has 108 valence electrons. The van der Waals surface area contributed by atoms with Crippen molar-refractivity contribution in [3.8, 4) is 0 Å². The van der Waals surface area contributed by atoms with Gasteiger partial charge in [-0.25, -0.2) is 4.79 Å². The van der Waals surface area contributed by atoms with Crippen molar-refractivity contribution in [2.45, 2.75) is 12.5 Å². The summed E-state index contributed by atoms with van der Waals surface area (Å²) in [6, 6.07) is 7.03. The third-order valence-electron chi connectivity index (χ3n) is 3.53. The molecule has 0 aromatic heterocycles. The van der Waals surface area contributed by atoms with E-state index in [0.29, 0.717) is 6.54 Å². The maximum Gasteiger partial charge on any atom is 0.320 e. The van der Waals surface area contributed by atoms with Gasteiger partial charge in [0.05, 0.1) is 12.5 Å². The second-order valence-electron chi connectivity index (χ2n) is 4.90. The predicted molar refractivity (Wildman–Crippen MR) is 72.3 cm³/mol. The summed E-state index contributed by atoms with van der Waals surface area (Å²) in [5.74, 6) is -1.63. The monoisotopic (exact) mass is 278 g/mol. The zero-order valence-corrected chi connectivity index (χ0v) is 11.3. The molecular formula is C14H18N2O4. The number of aliphatic carboxylic acids is 1. The van der Waals surface area contributed by atoms with Gasteiger partial charge in [-0.05, 0) is 11.1 Å². The highest BCUT2D eigenvalue weighted by Gasteiger charge is 2.33. The normalized spacial score (nSPS) is 17.5. The fourth-order valence-corrected chi connectivity index (χ4v) is 2.45. The summed E-state index contributed by atoms with van der Waals surface area (Å²) < 4.78 is 0. The quantitative estimate of drug-likeness (QED) is 0.853. The van der Waals surface area contributed by atoms with E-state index in [1.165, 1.54) is 9.80 Å². The molecule has 0 saturated heterocycles. The van der Waals surface area contributed by atoms with Gasteiger partial charge in [0.1, 0.15) is 0 Å². The largest absolute Gasteiger partial charge is 0.481 e. The number of carbonyl (C=O) groups excluding carboxylic acids is 1. The minimum Gasteiger partial charge on any atom is -0.481 e. The summed E-state index contributed by atoms with van der Waals surface area (Å²) >= 11 is 0. The van der Waals surface area contributed by atoms with Crippen LogP contribution in [0.1, 0.15) is 17.0 Å². The van der Waals surface area contributed by atoms with Gasteiger partial charge in [-0.3, -0.25) is 4.79 Å². The molecule has 6 heteroatoms. The molecule has 20 heavy (non-hydrogen) atoms. The third-order valence-corrected chi connectivity index (χ3v) is 3.53. The number of benzene rings is 1. The lowest BCUT2D eigenvalue weighted by Gasteiger charge is -2.35. The van der Waals surface area contributed by atoms with Crippen molar-refractivity contribution in [1.29, 1.82) is 0 Å². The Hall–Kier alpha value is -2.08. The Morgan fingerprint density at radius 3 is 2.75 bits per heavy atom. The SMILES string of the molecule is CN(CCO)C(=O)N1Cc2ccccc2C(C(=O)O)C1. The van der Waals surface area contributed by atoms with Crippen LogP contribution in [-0.2, 0) is 11.3 Å². The molecule has 0 fully saturated rings. The van der Waals surface area contributed by atoms with Gasteiger partial charge in [0.2, 0.25) is 0 Å². The van der Waals surface area contributed by atoms with Crippen molar-refractivity contribution >= 4 is 12.0 Å². The molecule has 0 radical (unpaired) electrons. The van der Waals surface area contributed by atoms with Crippen molar-refractivity contribution < 1.29 is 19.8 Å². The standard InChI is InChI=1S/C14H18N2O4/c1-15(6-7-17)14(20)16-8-10-4-2-3-5-11(10)12(9-16)13(18)19/h2-5,12,17H,6-9H2,1H3,(H,18,19). The van der Waals surface area contributed by atoms with Gasteiger partial charge in [-0.15, -0.1) is 0 Å². The number of carbonyl (C=O) groups is 2. The lowest BCUT2D eigenvalue weighted by Crippen LogP contribution is -2.46. The van der Waals surface area contributed by atoms with Gasteiger partial charge in [-0.2, -0.15) is 0 Å². The Morgan fingerprint density at radius 2 is 2.10 bits per heavy atom. The molecule has 2 N–H and O–H groups in total. The summed E-state index contributed by atoms with van der Waals surface area (Å²) in [5, 5.41) is 18.2. The zero-order chi connectivity index (χ0) is 14.7. The van der Waals surface area contributed by atoms with E-state index in [9.17, 15) is 14.7 Å². The Morgan fingerprint density at radius 1 is 1.40 bits per heavy atom. The van der Waals surface area contributed by atoms with Gasteiger partial charge >= 0.3 is 12.0 Å². The number of amides is 2. The summed E-state index contributed by atoms with van der Waals surface area (Å²) in [7, 11) is 1.59. The molecule has 0 aliphatic carbocycles. The number of aliphatic hydroxyl groups is 1. The second kappa shape index (κ2) is 5.92. The fourth-order valence-electron chi connectivity index (χ4n) is 2.45. The van der Waals surface area contributed by atoms with Crippen molar-refractivity contribution in [1.82, 2.24) is 9.80 Å². The molecule has 1 aromatic rings. The van der Waals surface area contributed by atoms with Crippen molar-refractivity contribution in [3.05, 3.63) is 35.4 Å². The van der Waals surface area contributed by atoms with E-state index in [0.717, 1.165) is 11.1 Å². The Labute approximate surface area is 117 Å². The smallest absolute Gasteiger partial charge is 0.320 e. The van der Waals surface area contributed by atoms with Crippen molar-refractivity contribution in [2.75, 3.05) is 26.7 Å². The van der Waals surface area contributed by atoms with E-state index in [2.05, 4.69) is 0 Å². The second-order valence-corrected chi connectivity index (χ2v) is 4.90. The van der Waals surface area contributed by atoms with Crippen LogP contribution in [0.5, 0.6) is 0 Å². The molecule has 1 aliphatic rings. The maximum atomic E-state index is 12.2. The number of carboxylic acids is 1. The van der Waals surface area contributed by atoms with Gasteiger partial charge in [0, 0.05) is 26.7 Å². The topological polar surface area (TPSA) is 81.1 Å². The van der Waals surface area contributed by atoms with Crippen LogP contribution in [0.25, 0.3) is 0 Å². The van der Waals surface area contributed by atoms with E-state index in [1.54, 1.807) is 13.1 Å². The van der Waals surface area contributed by atoms with Gasteiger partial charge in [-0.1, -0.05) is 24.3 Å². The average molecular weight is 278 g/mol. The molecule has 0 saturated carbocycles. The molecule has 1 unspecified atom stereocenters. The number of likely N-dealkylation sites (N-methyl/N-ethyl adjacent to an activating group) is 1. The molecular weight excluding hydrogens is 260 g/mol. The van der Waals surface area contributed by atoms with Gasteiger partial charge < -0.3 is 20.0 Å². The molecule has 0 bridgehead atoms. The average Bonchev–Trinajstić information content (AvgIpc) is 2.45. The summed E-state index contributed by atoms with van der Waals surface area (Å²) in [4.78, 5) is 26.5. The number of hydrogen-bond acceptors (Lipinski definition) is 3. The first-order valence-electron chi connectivity index (χ1n) is 6.46. The van der Waals surface area contributed by atoms with Crippen LogP contribution in [0.3, 0.4) is 0 Å². The predicted octanol–water partition coefficient (Wildman–Crippen LogP) is 0.714.